The van der Waals surface area contributed by atoms with Crippen molar-refractivity contribution < 1.29 is 42.4 Å². The van der Waals surface area contributed by atoms with Crippen LogP contribution in [0, 0.1) is 11.7 Å². The highest BCUT2D eigenvalue weighted by atomic mass is 19.1. The van der Waals surface area contributed by atoms with Crippen molar-refractivity contribution in [3.63, 3.8) is 0 Å². The molecule has 0 bridgehead atoms. The van der Waals surface area contributed by atoms with Crippen LogP contribution in [-0.2, 0) is 39.8 Å². The average Bonchev–Trinajstić information content (AvgIpc) is 3.36. The van der Waals surface area contributed by atoms with E-state index < -0.39 is 0 Å². The largest absolute Gasteiger partial charge is 0.461 e. The minimum atomic E-state index is -0.346. The lowest BCUT2D eigenvalue weighted by atomic mass is 9.93. The van der Waals surface area contributed by atoms with Crippen LogP contribution in [-0.4, -0.2) is 84.7 Å². The van der Waals surface area contributed by atoms with Crippen LogP contribution in [0.4, 0.5) is 4.39 Å². The average molecular weight is 765 g/mol. The molecule has 55 heavy (non-hydrogen) atoms. The zero-order valence-corrected chi connectivity index (χ0v) is 33.4. The summed E-state index contributed by atoms with van der Waals surface area (Å²) in [7, 11) is 1.61. The van der Waals surface area contributed by atoms with Crippen LogP contribution in [0.3, 0.4) is 0 Å². The summed E-state index contributed by atoms with van der Waals surface area (Å²) in [6.45, 7) is 13.4. The number of carbonyl (C=O) groups is 2. The van der Waals surface area contributed by atoms with Gasteiger partial charge in [0.05, 0.1) is 71.6 Å². The molecule has 1 unspecified atom stereocenters. The topological polar surface area (TPSA) is 114 Å². The lowest BCUT2D eigenvalue weighted by Crippen LogP contribution is -2.21. The third-order valence-electron chi connectivity index (χ3n) is 8.79. The van der Waals surface area contributed by atoms with E-state index in [9.17, 15) is 14.0 Å². The van der Waals surface area contributed by atoms with Gasteiger partial charge in [-0.3, -0.25) is 9.59 Å². The number of nitrogens with one attached hydrogen (secondary N) is 2. The minimum absolute atomic E-state index is 0.0409. The zero-order valence-electron chi connectivity index (χ0n) is 33.4. The van der Waals surface area contributed by atoms with Gasteiger partial charge in [-0.05, 0) is 79.4 Å². The van der Waals surface area contributed by atoms with Crippen LogP contribution >= 0.6 is 0 Å². The highest BCUT2D eigenvalue weighted by molar-refractivity contribution is 6.00. The summed E-state index contributed by atoms with van der Waals surface area (Å²) in [6.07, 6.45) is 9.93. The van der Waals surface area contributed by atoms with Gasteiger partial charge in [-0.15, -0.1) is 0 Å². The lowest BCUT2D eigenvalue weighted by molar-refractivity contribution is -0.117. The molecule has 0 aromatic heterocycles. The molecule has 1 heterocycles. The van der Waals surface area contributed by atoms with Crippen LogP contribution in [0.15, 0.2) is 89.4 Å². The highest BCUT2D eigenvalue weighted by Gasteiger charge is 2.25. The maximum atomic E-state index is 13.8. The van der Waals surface area contributed by atoms with E-state index in [1.165, 1.54) is 12.1 Å². The number of hydrogen-bond donors (Lipinski definition) is 2. The van der Waals surface area contributed by atoms with Gasteiger partial charge in [-0.2, -0.15) is 0 Å². The van der Waals surface area contributed by atoms with Crippen molar-refractivity contribution in [2.45, 2.75) is 66.4 Å². The summed E-state index contributed by atoms with van der Waals surface area (Å²) in [5.74, 6) is 1.17. The first-order chi connectivity index (χ1) is 26.7. The van der Waals surface area contributed by atoms with Crippen LogP contribution < -0.4 is 10.6 Å². The van der Waals surface area contributed by atoms with Gasteiger partial charge in [0.2, 0.25) is 0 Å². The molecule has 3 rings (SSSR count). The Bertz CT molecular complexity index is 1580. The van der Waals surface area contributed by atoms with Gasteiger partial charge in [0.1, 0.15) is 17.3 Å². The maximum Gasteiger partial charge on any atom is 0.251 e. The summed E-state index contributed by atoms with van der Waals surface area (Å²) in [5, 5.41) is 6.17. The first-order valence-electron chi connectivity index (χ1n) is 19.4. The molecular formula is C44H61FN2O8. The Kier molecular flexibility index (Phi) is 21.9. The third kappa shape index (κ3) is 17.9. The second-order valence-electron chi connectivity index (χ2n) is 13.4. The van der Waals surface area contributed by atoms with Gasteiger partial charge >= 0.3 is 0 Å². The molecule has 0 radical (unpaired) electrons. The molecule has 1 amide bonds. The summed E-state index contributed by atoms with van der Waals surface area (Å²) in [4.78, 5) is 24.6. The Balaban J connectivity index is 1.36. The van der Waals surface area contributed by atoms with Crippen molar-refractivity contribution in [2.24, 2.45) is 5.92 Å². The molecule has 0 fully saturated rings. The molecule has 0 spiro atoms. The van der Waals surface area contributed by atoms with E-state index in [-0.39, 0.29) is 17.5 Å². The molecule has 2 aromatic carbocycles. The first-order valence-corrected chi connectivity index (χ1v) is 19.4. The summed E-state index contributed by atoms with van der Waals surface area (Å²) < 4.78 is 48.2. The van der Waals surface area contributed by atoms with Crippen molar-refractivity contribution >= 4 is 17.4 Å². The number of allylic oxidation sites excluding steroid dienone is 4. The summed E-state index contributed by atoms with van der Waals surface area (Å²) >= 11 is 0. The van der Waals surface area contributed by atoms with Gasteiger partial charge in [0.25, 0.3) is 5.91 Å². The molecule has 11 heteroatoms. The predicted octanol–water partition coefficient (Wildman–Crippen LogP) is 7.71. The highest BCUT2D eigenvalue weighted by Crippen LogP contribution is 2.36. The molecule has 302 valence electrons. The lowest BCUT2D eigenvalue weighted by Gasteiger charge is -2.14. The predicted molar refractivity (Wildman–Crippen MR) is 214 cm³/mol. The number of ketones is 1. The van der Waals surface area contributed by atoms with Gasteiger partial charge in [0, 0.05) is 37.6 Å². The number of hydrogen-bond acceptors (Lipinski definition) is 9. The number of likely N-dealkylation sites (N-methyl/N-ethyl adjacent to an activating group) is 1. The van der Waals surface area contributed by atoms with E-state index in [4.69, 9.17) is 28.4 Å². The molecule has 0 saturated carbocycles. The smallest absolute Gasteiger partial charge is 0.251 e. The Morgan fingerprint density at radius 2 is 1.51 bits per heavy atom. The fraction of sp³-hybridized carbons (Fsp3) is 0.500. The number of ether oxygens (including phenoxy) is 6. The Morgan fingerprint density at radius 3 is 2.11 bits per heavy atom. The zero-order chi connectivity index (χ0) is 39.7. The molecular weight excluding hydrogens is 703 g/mol. The Labute approximate surface area is 327 Å². The molecule has 0 saturated heterocycles. The molecule has 1 aliphatic rings. The van der Waals surface area contributed by atoms with Crippen molar-refractivity contribution in [1.29, 1.82) is 0 Å². The van der Waals surface area contributed by atoms with E-state index in [0.29, 0.717) is 114 Å². The minimum Gasteiger partial charge on any atom is -0.461 e. The number of carbonyl (C=O) groups excluding carboxylic acids is 2. The molecule has 1 atom stereocenters. The fourth-order valence-corrected chi connectivity index (χ4v) is 5.69. The van der Waals surface area contributed by atoms with Gasteiger partial charge in [-0.1, -0.05) is 57.0 Å². The monoisotopic (exact) mass is 764 g/mol. The van der Waals surface area contributed by atoms with Gasteiger partial charge in [-0.25, -0.2) is 4.39 Å². The standard InChI is InChI=1S/C44H61FN2O8/c1-6-9-41-29-36(30-42(44(49)46-5)43(55-41)38-12-14-40(45)15-13-38)27-37(26-33(3)7-2)31-47-16-17-50-18-19-51-20-21-52-22-23-53-24-25-54-32-35-10-8-11-39(28-35)34(4)48/h8-15,27-28,31,33,47H,6-7,16-26,29-30,32H2,1-5H3,(H,46,49)/b36-27+,37-31+,41-9+. The number of Topliss-reactive ketones (excluding diaryl/α,β-unsaturated/α-hetero) is 1. The second kappa shape index (κ2) is 26.6. The van der Waals surface area contributed by atoms with E-state index in [1.807, 2.05) is 37.4 Å². The second-order valence-corrected chi connectivity index (χ2v) is 13.4. The van der Waals surface area contributed by atoms with Crippen LogP contribution in [0.25, 0.3) is 5.76 Å². The van der Waals surface area contributed by atoms with Crippen molar-refractivity contribution in [3.05, 3.63) is 112 Å². The van der Waals surface area contributed by atoms with Gasteiger partial charge < -0.3 is 39.1 Å². The number of halogens is 1. The summed E-state index contributed by atoms with van der Waals surface area (Å²) in [6, 6.07) is 13.5. The number of amides is 1. The maximum absolute atomic E-state index is 13.8. The molecule has 2 N–H and O–H groups in total. The summed E-state index contributed by atoms with van der Waals surface area (Å²) in [5.41, 5.74) is 5.01. The van der Waals surface area contributed by atoms with E-state index in [0.717, 1.165) is 41.7 Å². The van der Waals surface area contributed by atoms with E-state index in [2.05, 4.69) is 30.6 Å². The van der Waals surface area contributed by atoms with Crippen molar-refractivity contribution in [1.82, 2.24) is 10.6 Å². The normalized spacial score (nSPS) is 15.6. The van der Waals surface area contributed by atoms with Crippen LogP contribution in [0.1, 0.15) is 81.3 Å². The molecule has 2 aromatic rings. The molecule has 1 aliphatic heterocycles. The fourth-order valence-electron chi connectivity index (χ4n) is 5.69. The Hall–Kier alpha value is -4.13. The van der Waals surface area contributed by atoms with Crippen LogP contribution in [0.2, 0.25) is 0 Å². The molecule has 0 aliphatic carbocycles. The quantitative estimate of drug-likeness (QED) is 0.0735. The SMILES string of the molecule is CC/C=C1\C/C(=C\C(=C\NCCOCCOCCOCCOCCOCc2cccc(C(C)=O)c2)CC(C)CC)CC(C(=O)NC)=C(c2ccc(F)cc2)O1. The Morgan fingerprint density at radius 1 is 0.873 bits per heavy atom. The van der Waals surface area contributed by atoms with Crippen LogP contribution in [0.5, 0.6) is 0 Å². The first kappa shape index (κ1) is 45.3. The molecule has 10 nitrogen and oxygen atoms in total. The van der Waals surface area contributed by atoms with Crippen molar-refractivity contribution in [2.75, 3.05) is 73.1 Å². The van der Waals surface area contributed by atoms with Gasteiger partial charge in [0.15, 0.2) is 5.78 Å². The number of rotatable bonds is 26. The van der Waals surface area contributed by atoms with E-state index in [1.54, 1.807) is 32.2 Å². The van der Waals surface area contributed by atoms with Crippen molar-refractivity contribution in [3.8, 4) is 0 Å². The number of benzene rings is 2. The van der Waals surface area contributed by atoms with E-state index >= 15 is 0 Å². The third-order valence-corrected chi connectivity index (χ3v) is 8.79.